The smallest absolute Gasteiger partial charge is 0.411 e. The maximum absolute atomic E-state index is 11.2. The molecule has 1 heterocycles. The zero-order valence-electron chi connectivity index (χ0n) is 11.0. The van der Waals surface area contributed by atoms with Crippen molar-refractivity contribution in [2.24, 2.45) is 0 Å². The first-order chi connectivity index (χ1) is 9.76. The van der Waals surface area contributed by atoms with Crippen LogP contribution in [0, 0.1) is 0 Å². The SMILES string of the molecule is COC(=O)Nc1cccc(-c2cc3ccccc3[nH]2)c1. The summed E-state index contributed by atoms with van der Waals surface area (Å²) in [5.41, 5.74) is 3.82. The number of hydrogen-bond donors (Lipinski definition) is 2. The number of amides is 1. The zero-order chi connectivity index (χ0) is 13.9. The number of aromatic nitrogens is 1. The molecule has 0 atom stereocenters. The molecule has 3 aromatic rings. The number of methoxy groups -OCH3 is 1. The fourth-order valence-electron chi connectivity index (χ4n) is 2.16. The van der Waals surface area contributed by atoms with Crippen molar-refractivity contribution in [2.75, 3.05) is 12.4 Å². The average molecular weight is 266 g/mol. The third-order valence-corrected chi connectivity index (χ3v) is 3.14. The molecule has 0 saturated carbocycles. The van der Waals surface area contributed by atoms with E-state index in [2.05, 4.69) is 27.2 Å². The van der Waals surface area contributed by atoms with E-state index in [9.17, 15) is 4.79 Å². The molecule has 0 aliphatic heterocycles. The number of ether oxygens (including phenoxy) is 1. The Kier molecular flexibility index (Phi) is 3.13. The van der Waals surface area contributed by atoms with Gasteiger partial charge in [-0.05, 0) is 24.3 Å². The molecule has 0 radical (unpaired) electrons. The number of rotatable bonds is 2. The molecule has 1 aromatic heterocycles. The molecule has 100 valence electrons. The minimum atomic E-state index is -0.473. The van der Waals surface area contributed by atoms with Crippen molar-refractivity contribution in [3.8, 4) is 11.3 Å². The van der Waals surface area contributed by atoms with Crippen LogP contribution in [0.3, 0.4) is 0 Å². The molecular formula is C16H14N2O2. The number of para-hydroxylation sites is 1. The van der Waals surface area contributed by atoms with Gasteiger partial charge in [-0.1, -0.05) is 30.3 Å². The Hall–Kier alpha value is -2.75. The van der Waals surface area contributed by atoms with Crippen molar-refractivity contribution >= 4 is 22.7 Å². The molecule has 20 heavy (non-hydrogen) atoms. The first kappa shape index (κ1) is 12.3. The predicted octanol–water partition coefficient (Wildman–Crippen LogP) is 4.01. The fraction of sp³-hybridized carbons (Fsp3) is 0.0625. The molecule has 4 heteroatoms. The first-order valence-electron chi connectivity index (χ1n) is 6.29. The lowest BCUT2D eigenvalue weighted by molar-refractivity contribution is 0.187. The van der Waals surface area contributed by atoms with E-state index >= 15 is 0 Å². The highest BCUT2D eigenvalue weighted by Gasteiger charge is 2.05. The Morgan fingerprint density at radius 3 is 2.75 bits per heavy atom. The molecule has 1 amide bonds. The summed E-state index contributed by atoms with van der Waals surface area (Å²) in [4.78, 5) is 14.6. The largest absolute Gasteiger partial charge is 0.453 e. The van der Waals surface area contributed by atoms with Crippen LogP contribution in [0.2, 0.25) is 0 Å². The molecule has 3 rings (SSSR count). The third-order valence-electron chi connectivity index (χ3n) is 3.14. The quantitative estimate of drug-likeness (QED) is 0.736. The van der Waals surface area contributed by atoms with Gasteiger partial charge in [-0.3, -0.25) is 5.32 Å². The van der Waals surface area contributed by atoms with Gasteiger partial charge in [0.25, 0.3) is 0 Å². The first-order valence-corrected chi connectivity index (χ1v) is 6.29. The third kappa shape index (κ3) is 2.36. The summed E-state index contributed by atoms with van der Waals surface area (Å²) in [6, 6.07) is 17.8. The number of carbonyl (C=O) groups is 1. The van der Waals surface area contributed by atoms with Gasteiger partial charge in [-0.15, -0.1) is 0 Å². The molecule has 0 bridgehead atoms. The molecular weight excluding hydrogens is 252 g/mol. The van der Waals surface area contributed by atoms with Crippen LogP contribution < -0.4 is 5.32 Å². The minimum Gasteiger partial charge on any atom is -0.453 e. The fourth-order valence-corrected chi connectivity index (χ4v) is 2.16. The summed E-state index contributed by atoms with van der Waals surface area (Å²) in [7, 11) is 1.34. The highest BCUT2D eigenvalue weighted by atomic mass is 16.5. The topological polar surface area (TPSA) is 54.1 Å². The Morgan fingerprint density at radius 2 is 1.95 bits per heavy atom. The van der Waals surface area contributed by atoms with Gasteiger partial charge < -0.3 is 9.72 Å². The van der Waals surface area contributed by atoms with E-state index in [0.29, 0.717) is 5.69 Å². The summed E-state index contributed by atoms with van der Waals surface area (Å²) in [6.45, 7) is 0. The van der Waals surface area contributed by atoms with Crippen molar-refractivity contribution in [3.05, 3.63) is 54.6 Å². The molecule has 0 spiro atoms. The van der Waals surface area contributed by atoms with Crippen molar-refractivity contribution in [3.63, 3.8) is 0 Å². The molecule has 2 N–H and O–H groups in total. The number of benzene rings is 2. The van der Waals surface area contributed by atoms with E-state index in [1.807, 2.05) is 42.5 Å². The summed E-state index contributed by atoms with van der Waals surface area (Å²) >= 11 is 0. The number of hydrogen-bond acceptors (Lipinski definition) is 2. The van der Waals surface area contributed by atoms with Crippen LogP contribution in [0.1, 0.15) is 0 Å². The molecule has 2 aromatic carbocycles. The van der Waals surface area contributed by atoms with E-state index in [0.717, 1.165) is 22.2 Å². The maximum atomic E-state index is 11.2. The lowest BCUT2D eigenvalue weighted by Crippen LogP contribution is -2.10. The maximum Gasteiger partial charge on any atom is 0.411 e. The van der Waals surface area contributed by atoms with E-state index in [1.165, 1.54) is 7.11 Å². The van der Waals surface area contributed by atoms with Gasteiger partial charge in [0.1, 0.15) is 0 Å². The summed E-state index contributed by atoms with van der Waals surface area (Å²) in [5.74, 6) is 0. The predicted molar refractivity (Wildman–Crippen MR) is 79.8 cm³/mol. The Labute approximate surface area is 116 Å². The van der Waals surface area contributed by atoms with Crippen LogP contribution in [0.25, 0.3) is 22.2 Å². The van der Waals surface area contributed by atoms with Gasteiger partial charge >= 0.3 is 6.09 Å². The summed E-state index contributed by atoms with van der Waals surface area (Å²) in [6.07, 6.45) is -0.473. The van der Waals surface area contributed by atoms with Crippen LogP contribution in [0.4, 0.5) is 10.5 Å². The van der Waals surface area contributed by atoms with E-state index in [-0.39, 0.29) is 0 Å². The number of fused-ring (bicyclic) bond motifs is 1. The van der Waals surface area contributed by atoms with Crippen molar-refractivity contribution < 1.29 is 9.53 Å². The van der Waals surface area contributed by atoms with Crippen LogP contribution in [0.15, 0.2) is 54.6 Å². The Morgan fingerprint density at radius 1 is 1.10 bits per heavy atom. The molecule has 4 nitrogen and oxygen atoms in total. The van der Waals surface area contributed by atoms with Crippen molar-refractivity contribution in [1.29, 1.82) is 0 Å². The number of nitrogens with one attached hydrogen (secondary N) is 2. The van der Waals surface area contributed by atoms with E-state index in [4.69, 9.17) is 0 Å². The summed E-state index contributed by atoms with van der Waals surface area (Å²) < 4.78 is 4.59. The van der Waals surface area contributed by atoms with Gasteiger partial charge in [0, 0.05) is 27.8 Å². The van der Waals surface area contributed by atoms with E-state index < -0.39 is 6.09 Å². The molecule has 0 fully saturated rings. The Balaban J connectivity index is 1.97. The molecule has 0 aliphatic carbocycles. The van der Waals surface area contributed by atoms with Gasteiger partial charge in [0.05, 0.1) is 7.11 Å². The molecule has 0 unspecified atom stereocenters. The second kappa shape index (κ2) is 5.09. The van der Waals surface area contributed by atoms with Crippen LogP contribution in [-0.2, 0) is 4.74 Å². The zero-order valence-corrected chi connectivity index (χ0v) is 11.0. The van der Waals surface area contributed by atoms with Crippen molar-refractivity contribution in [1.82, 2.24) is 4.98 Å². The minimum absolute atomic E-state index is 0.473. The Bertz CT molecular complexity index is 729. The number of anilines is 1. The number of carbonyl (C=O) groups excluding carboxylic acids is 1. The normalized spacial score (nSPS) is 10.4. The highest BCUT2D eigenvalue weighted by Crippen LogP contribution is 2.25. The second-order valence-corrected chi connectivity index (χ2v) is 4.47. The monoisotopic (exact) mass is 266 g/mol. The standard InChI is InChI=1S/C16H14N2O2/c1-20-16(19)17-13-7-4-6-11(9-13)15-10-12-5-2-3-8-14(12)18-15/h2-10,18H,1H3,(H,17,19). The van der Waals surface area contributed by atoms with Gasteiger partial charge in [-0.25, -0.2) is 4.79 Å². The number of H-pyrrole nitrogens is 1. The average Bonchev–Trinajstić information content (AvgIpc) is 2.91. The summed E-state index contributed by atoms with van der Waals surface area (Å²) in [5, 5.41) is 3.82. The highest BCUT2D eigenvalue weighted by molar-refractivity contribution is 5.88. The van der Waals surface area contributed by atoms with Crippen LogP contribution in [0.5, 0.6) is 0 Å². The lowest BCUT2D eigenvalue weighted by atomic mass is 10.1. The van der Waals surface area contributed by atoms with Gasteiger partial charge in [-0.2, -0.15) is 0 Å². The lowest BCUT2D eigenvalue weighted by Gasteiger charge is -2.05. The van der Waals surface area contributed by atoms with Gasteiger partial charge in [0.2, 0.25) is 0 Å². The second-order valence-electron chi connectivity index (χ2n) is 4.47. The number of aromatic amines is 1. The van der Waals surface area contributed by atoms with Gasteiger partial charge in [0.15, 0.2) is 0 Å². The van der Waals surface area contributed by atoms with Crippen LogP contribution in [-0.4, -0.2) is 18.2 Å². The van der Waals surface area contributed by atoms with Crippen LogP contribution >= 0.6 is 0 Å². The molecule has 0 aliphatic rings. The van der Waals surface area contributed by atoms with Crippen molar-refractivity contribution in [2.45, 2.75) is 0 Å². The molecule has 0 saturated heterocycles. The van der Waals surface area contributed by atoms with E-state index in [1.54, 1.807) is 0 Å².